The lowest BCUT2D eigenvalue weighted by Crippen LogP contribution is -2.41. The summed E-state index contributed by atoms with van der Waals surface area (Å²) in [5.41, 5.74) is 0.502. The zero-order valence-electron chi connectivity index (χ0n) is 14.3. The predicted octanol–water partition coefficient (Wildman–Crippen LogP) is 1.67. The SMILES string of the molecule is COc1ccc(OC)c(NC(=O)CN(CC2CCCO2)C(C)=O)c1. The van der Waals surface area contributed by atoms with Crippen LogP contribution < -0.4 is 14.8 Å². The molecule has 1 saturated heterocycles. The van der Waals surface area contributed by atoms with Gasteiger partial charge in [-0.25, -0.2) is 0 Å². The van der Waals surface area contributed by atoms with Gasteiger partial charge in [0.25, 0.3) is 0 Å². The van der Waals surface area contributed by atoms with Crippen molar-refractivity contribution in [3.63, 3.8) is 0 Å². The predicted molar refractivity (Wildman–Crippen MR) is 89.4 cm³/mol. The Bertz CT molecular complexity index is 584. The minimum atomic E-state index is -0.297. The summed E-state index contributed by atoms with van der Waals surface area (Å²) >= 11 is 0. The second-order valence-electron chi connectivity index (χ2n) is 5.65. The summed E-state index contributed by atoms with van der Waals surface area (Å²) in [7, 11) is 3.07. The first-order chi connectivity index (χ1) is 11.5. The third-order valence-electron chi connectivity index (χ3n) is 3.91. The Hall–Kier alpha value is -2.28. The lowest BCUT2D eigenvalue weighted by atomic mass is 10.2. The minimum absolute atomic E-state index is 0.00746. The summed E-state index contributed by atoms with van der Waals surface area (Å²) in [5, 5.41) is 2.77. The number of methoxy groups -OCH3 is 2. The van der Waals surface area contributed by atoms with Crippen molar-refractivity contribution >= 4 is 17.5 Å². The summed E-state index contributed by atoms with van der Waals surface area (Å²) in [6.45, 7) is 2.56. The Morgan fingerprint density at radius 1 is 1.33 bits per heavy atom. The van der Waals surface area contributed by atoms with Gasteiger partial charge in [0.1, 0.15) is 11.5 Å². The van der Waals surface area contributed by atoms with E-state index in [1.807, 2.05) is 0 Å². The molecule has 1 aromatic rings. The van der Waals surface area contributed by atoms with Crippen LogP contribution in [-0.4, -0.2) is 56.7 Å². The number of nitrogens with zero attached hydrogens (tertiary/aromatic N) is 1. The number of nitrogens with one attached hydrogen (secondary N) is 1. The zero-order valence-corrected chi connectivity index (χ0v) is 14.3. The molecular formula is C17H24N2O5. The monoisotopic (exact) mass is 336 g/mol. The van der Waals surface area contributed by atoms with Crippen molar-refractivity contribution in [2.24, 2.45) is 0 Å². The summed E-state index contributed by atoms with van der Waals surface area (Å²) < 4.78 is 15.9. The van der Waals surface area contributed by atoms with Crippen LogP contribution in [0.25, 0.3) is 0 Å². The third kappa shape index (κ3) is 4.86. The fourth-order valence-electron chi connectivity index (χ4n) is 2.61. The average Bonchev–Trinajstić information content (AvgIpc) is 3.07. The smallest absolute Gasteiger partial charge is 0.244 e. The standard InChI is InChI=1S/C17H24N2O5/c1-12(20)19(10-14-5-4-8-24-14)11-17(21)18-15-9-13(22-2)6-7-16(15)23-3/h6-7,9,14H,4-5,8,10-11H2,1-3H3,(H,18,21). The molecule has 7 heteroatoms. The first kappa shape index (κ1) is 18.1. The summed E-state index contributed by atoms with van der Waals surface area (Å²) in [4.78, 5) is 25.6. The highest BCUT2D eigenvalue weighted by Gasteiger charge is 2.22. The number of amides is 2. The Morgan fingerprint density at radius 3 is 2.71 bits per heavy atom. The first-order valence-corrected chi connectivity index (χ1v) is 7.92. The van der Waals surface area contributed by atoms with Crippen LogP contribution in [0, 0.1) is 0 Å². The maximum atomic E-state index is 12.3. The van der Waals surface area contributed by atoms with Gasteiger partial charge in [0.15, 0.2) is 0 Å². The Kier molecular flexibility index (Phi) is 6.43. The minimum Gasteiger partial charge on any atom is -0.497 e. The van der Waals surface area contributed by atoms with Crippen molar-refractivity contribution in [2.75, 3.05) is 39.2 Å². The van der Waals surface area contributed by atoms with E-state index in [-0.39, 0.29) is 24.5 Å². The summed E-state index contributed by atoms with van der Waals surface area (Å²) in [5.74, 6) is 0.680. The van der Waals surface area contributed by atoms with E-state index in [9.17, 15) is 9.59 Å². The quantitative estimate of drug-likeness (QED) is 0.819. The molecule has 1 unspecified atom stereocenters. The van der Waals surface area contributed by atoms with Gasteiger partial charge in [-0.15, -0.1) is 0 Å². The van der Waals surface area contributed by atoms with E-state index in [4.69, 9.17) is 14.2 Å². The third-order valence-corrected chi connectivity index (χ3v) is 3.91. The van der Waals surface area contributed by atoms with Gasteiger partial charge in [0.2, 0.25) is 11.8 Å². The molecule has 2 amide bonds. The number of carbonyl (C=O) groups is 2. The highest BCUT2D eigenvalue weighted by atomic mass is 16.5. The van der Waals surface area contributed by atoms with Gasteiger partial charge in [-0.05, 0) is 25.0 Å². The molecule has 0 radical (unpaired) electrons. The molecule has 7 nitrogen and oxygen atoms in total. The van der Waals surface area contributed by atoms with Crippen LogP contribution in [0.15, 0.2) is 18.2 Å². The molecular weight excluding hydrogens is 312 g/mol. The molecule has 0 aliphatic carbocycles. The molecule has 24 heavy (non-hydrogen) atoms. The van der Waals surface area contributed by atoms with Crippen LogP contribution in [0.4, 0.5) is 5.69 Å². The second kappa shape index (κ2) is 8.54. The highest BCUT2D eigenvalue weighted by Crippen LogP contribution is 2.28. The molecule has 1 aliphatic heterocycles. The molecule has 1 N–H and O–H groups in total. The Balaban J connectivity index is 2.01. The van der Waals surface area contributed by atoms with Crippen LogP contribution in [0.3, 0.4) is 0 Å². The molecule has 0 spiro atoms. The maximum absolute atomic E-state index is 12.3. The number of carbonyl (C=O) groups excluding carboxylic acids is 2. The number of benzene rings is 1. The van der Waals surface area contributed by atoms with Crippen molar-refractivity contribution in [1.82, 2.24) is 4.90 Å². The van der Waals surface area contributed by atoms with E-state index in [0.717, 1.165) is 12.8 Å². The number of hydrogen-bond acceptors (Lipinski definition) is 5. The van der Waals surface area contributed by atoms with Gasteiger partial charge in [-0.3, -0.25) is 9.59 Å². The van der Waals surface area contributed by atoms with Crippen LogP contribution in [-0.2, 0) is 14.3 Å². The molecule has 0 aromatic heterocycles. The number of ether oxygens (including phenoxy) is 3. The highest BCUT2D eigenvalue weighted by molar-refractivity contribution is 5.95. The topological polar surface area (TPSA) is 77.1 Å². The number of anilines is 1. The van der Waals surface area contributed by atoms with Gasteiger partial charge < -0.3 is 24.4 Å². The molecule has 0 saturated carbocycles. The first-order valence-electron chi connectivity index (χ1n) is 7.92. The van der Waals surface area contributed by atoms with Crippen molar-refractivity contribution < 1.29 is 23.8 Å². The van der Waals surface area contributed by atoms with Crippen molar-refractivity contribution in [3.05, 3.63) is 18.2 Å². The molecule has 1 atom stereocenters. The van der Waals surface area contributed by atoms with Crippen LogP contribution in [0.1, 0.15) is 19.8 Å². The van der Waals surface area contributed by atoms with Gasteiger partial charge in [-0.1, -0.05) is 0 Å². The molecule has 1 aliphatic rings. The fourth-order valence-corrected chi connectivity index (χ4v) is 2.61. The number of rotatable bonds is 7. The second-order valence-corrected chi connectivity index (χ2v) is 5.65. The van der Waals surface area contributed by atoms with Crippen LogP contribution >= 0.6 is 0 Å². The van der Waals surface area contributed by atoms with Crippen LogP contribution in [0.5, 0.6) is 11.5 Å². The zero-order chi connectivity index (χ0) is 17.5. The van der Waals surface area contributed by atoms with Gasteiger partial charge >= 0.3 is 0 Å². The molecule has 1 heterocycles. The van der Waals surface area contributed by atoms with E-state index in [0.29, 0.717) is 30.3 Å². The average molecular weight is 336 g/mol. The molecule has 132 valence electrons. The van der Waals surface area contributed by atoms with E-state index in [1.54, 1.807) is 25.3 Å². The van der Waals surface area contributed by atoms with E-state index in [1.165, 1.54) is 18.9 Å². The number of hydrogen-bond donors (Lipinski definition) is 1. The van der Waals surface area contributed by atoms with Gasteiger partial charge in [-0.2, -0.15) is 0 Å². The van der Waals surface area contributed by atoms with E-state index < -0.39 is 0 Å². The maximum Gasteiger partial charge on any atom is 0.244 e. The summed E-state index contributed by atoms with van der Waals surface area (Å²) in [6.07, 6.45) is 1.91. The Labute approximate surface area is 141 Å². The van der Waals surface area contributed by atoms with Crippen LogP contribution in [0.2, 0.25) is 0 Å². The van der Waals surface area contributed by atoms with Gasteiger partial charge in [0, 0.05) is 26.1 Å². The lowest BCUT2D eigenvalue weighted by Gasteiger charge is -2.23. The van der Waals surface area contributed by atoms with Crippen molar-refractivity contribution in [2.45, 2.75) is 25.9 Å². The Morgan fingerprint density at radius 2 is 2.12 bits per heavy atom. The van der Waals surface area contributed by atoms with Crippen molar-refractivity contribution in [1.29, 1.82) is 0 Å². The molecule has 2 rings (SSSR count). The fraction of sp³-hybridized carbons (Fsp3) is 0.529. The largest absolute Gasteiger partial charge is 0.497 e. The normalized spacial score (nSPS) is 16.5. The molecule has 0 bridgehead atoms. The van der Waals surface area contributed by atoms with Crippen molar-refractivity contribution in [3.8, 4) is 11.5 Å². The molecule has 1 aromatic carbocycles. The van der Waals surface area contributed by atoms with E-state index >= 15 is 0 Å². The summed E-state index contributed by atoms with van der Waals surface area (Å²) in [6, 6.07) is 5.13. The van der Waals surface area contributed by atoms with E-state index in [2.05, 4.69) is 5.32 Å². The van der Waals surface area contributed by atoms with Gasteiger partial charge in [0.05, 0.1) is 32.6 Å². The lowest BCUT2D eigenvalue weighted by molar-refractivity contribution is -0.134. The molecule has 1 fully saturated rings.